The van der Waals surface area contributed by atoms with Gasteiger partial charge >= 0.3 is 11.9 Å². The molecular weight excluding hydrogens is 602 g/mol. The Morgan fingerprint density at radius 3 is 2.26 bits per heavy atom. The normalized spacial score (nSPS) is 51.5. The summed E-state index contributed by atoms with van der Waals surface area (Å²) in [7, 11) is 7.77. The highest BCUT2D eigenvalue weighted by Gasteiger charge is 2.96. The van der Waals surface area contributed by atoms with Crippen LogP contribution in [0.3, 0.4) is 0 Å². The molecule has 5 saturated carbocycles. The summed E-state index contributed by atoms with van der Waals surface area (Å²) in [6.07, 6.45) is -7.39. The van der Waals surface area contributed by atoms with Gasteiger partial charge in [0.05, 0.1) is 42.0 Å². The fourth-order valence-electron chi connectivity index (χ4n) is 12.2. The first kappa shape index (κ1) is 32.4. The van der Waals surface area contributed by atoms with Crippen LogP contribution in [0.4, 0.5) is 0 Å². The van der Waals surface area contributed by atoms with Crippen LogP contribution >= 0.6 is 0 Å². The van der Waals surface area contributed by atoms with Crippen molar-refractivity contribution in [1.82, 2.24) is 4.90 Å². The van der Waals surface area contributed by atoms with Crippen LogP contribution < -0.4 is 0 Å². The van der Waals surface area contributed by atoms with Gasteiger partial charge in [0.2, 0.25) is 0 Å². The molecule has 1 spiro atoms. The van der Waals surface area contributed by atoms with E-state index in [9.17, 15) is 30.0 Å². The topological polar surface area (TPSA) is 174 Å². The number of carbonyl (C=O) groups is 2. The number of piperidine rings is 1. The van der Waals surface area contributed by atoms with Gasteiger partial charge in [-0.15, -0.1) is 0 Å². The summed E-state index contributed by atoms with van der Waals surface area (Å²) in [5.74, 6) is -4.35. The lowest BCUT2D eigenvalue weighted by molar-refractivity contribution is -0.353. The minimum absolute atomic E-state index is 0.113. The Balaban J connectivity index is 1.56. The number of aliphatic hydroxyl groups excluding tert-OH is 2. The maximum absolute atomic E-state index is 13.7. The zero-order valence-corrected chi connectivity index (χ0v) is 27.0. The van der Waals surface area contributed by atoms with E-state index in [1.807, 2.05) is 11.9 Å². The molecule has 1 saturated heterocycles. The summed E-state index contributed by atoms with van der Waals surface area (Å²) in [6.45, 7) is 1.68. The van der Waals surface area contributed by atoms with Crippen molar-refractivity contribution in [3.05, 3.63) is 35.9 Å². The van der Waals surface area contributed by atoms with E-state index in [2.05, 4.69) is 0 Å². The highest BCUT2D eigenvalue weighted by atomic mass is 16.6. The Morgan fingerprint density at radius 1 is 0.978 bits per heavy atom. The van der Waals surface area contributed by atoms with Gasteiger partial charge in [-0.3, -0.25) is 4.79 Å². The number of rotatable bonds is 8. The van der Waals surface area contributed by atoms with Gasteiger partial charge in [-0.1, -0.05) is 18.2 Å². The number of aliphatic hydroxyl groups is 4. The summed E-state index contributed by atoms with van der Waals surface area (Å²) in [5, 5.41) is 50.8. The molecule has 1 aromatic rings. The number of benzene rings is 1. The van der Waals surface area contributed by atoms with Crippen molar-refractivity contribution >= 4 is 11.9 Å². The van der Waals surface area contributed by atoms with E-state index in [0.717, 1.165) is 0 Å². The second kappa shape index (κ2) is 10.4. The Hall–Kier alpha value is -2.20. The highest BCUT2D eigenvalue weighted by molar-refractivity contribution is 5.89. The average Bonchev–Trinajstić information content (AvgIpc) is 3.38. The van der Waals surface area contributed by atoms with E-state index in [1.54, 1.807) is 37.4 Å². The predicted molar refractivity (Wildman–Crippen MR) is 157 cm³/mol. The first-order chi connectivity index (χ1) is 21.8. The van der Waals surface area contributed by atoms with Crippen LogP contribution in [0.5, 0.6) is 0 Å². The number of hydrogen-bond acceptors (Lipinski definition) is 13. The molecule has 1 aliphatic heterocycles. The molecule has 13 nitrogen and oxygen atoms in total. The van der Waals surface area contributed by atoms with Crippen molar-refractivity contribution in [2.75, 3.05) is 48.6 Å². The van der Waals surface area contributed by atoms with Crippen molar-refractivity contribution in [2.45, 2.75) is 79.2 Å². The Morgan fingerprint density at radius 2 is 1.67 bits per heavy atom. The molecule has 4 unspecified atom stereocenters. The third kappa shape index (κ3) is 3.41. The monoisotopic (exact) mass is 647 g/mol. The molecular formula is C33H45NO12. The van der Waals surface area contributed by atoms with Gasteiger partial charge in [0.1, 0.15) is 23.9 Å². The van der Waals surface area contributed by atoms with E-state index in [-0.39, 0.29) is 18.6 Å². The number of likely N-dealkylation sites (tertiary alicyclic amines) is 1. The standard InChI is InChI=1S/C33H45NO12/c1-16(35)46-33-20-21(43-5)22-29(15-41-3)14-34(2)24(20)32(22,19(42-4)12-18(29)36)31(40)13-30(39,27(44-6)25(33)37)26(23(31)33)45-28(38)17-10-8-7-9-11-17/h7-11,18-27,36-37,39-40H,12-15H2,1-6H3/t18-,19?,20?,21+,22-,23+,24?,25+,26+,27+,29+,30+,31+,32?,33+/m1/s1. The highest BCUT2D eigenvalue weighted by Crippen LogP contribution is 2.81. The van der Waals surface area contributed by atoms with Gasteiger partial charge in [0.15, 0.2) is 5.60 Å². The van der Waals surface area contributed by atoms with Gasteiger partial charge in [-0.2, -0.15) is 0 Å². The molecule has 1 heterocycles. The third-order valence-electron chi connectivity index (χ3n) is 12.9. The summed E-state index contributed by atoms with van der Waals surface area (Å²) in [4.78, 5) is 28.9. The van der Waals surface area contributed by atoms with Crippen molar-refractivity contribution in [2.24, 2.45) is 28.6 Å². The first-order valence-corrected chi connectivity index (χ1v) is 15.9. The van der Waals surface area contributed by atoms with Crippen LogP contribution in [0.2, 0.25) is 0 Å². The molecule has 6 fully saturated rings. The van der Waals surface area contributed by atoms with E-state index in [0.29, 0.717) is 6.54 Å². The molecule has 0 amide bonds. The zero-order chi connectivity index (χ0) is 33.2. The van der Waals surface area contributed by atoms with Gasteiger partial charge in [-0.25, -0.2) is 4.79 Å². The smallest absolute Gasteiger partial charge is 0.338 e. The number of methoxy groups -OCH3 is 4. The number of hydrogen-bond donors (Lipinski definition) is 4. The second-order valence-electron chi connectivity index (χ2n) is 14.4. The maximum Gasteiger partial charge on any atom is 0.338 e. The molecule has 7 bridgehead atoms. The van der Waals surface area contributed by atoms with E-state index in [1.165, 1.54) is 28.3 Å². The van der Waals surface area contributed by atoms with Gasteiger partial charge in [0, 0.05) is 83.5 Å². The molecule has 1 aromatic carbocycles. The number of fused-ring (bicyclic) bond motifs is 2. The van der Waals surface area contributed by atoms with Crippen molar-refractivity contribution in [1.29, 1.82) is 0 Å². The summed E-state index contributed by atoms with van der Waals surface area (Å²) in [5.41, 5.74) is -8.16. The minimum Gasteiger partial charge on any atom is -0.455 e. The summed E-state index contributed by atoms with van der Waals surface area (Å²) >= 11 is 0. The second-order valence-corrected chi connectivity index (χ2v) is 14.4. The molecule has 0 radical (unpaired) electrons. The molecule has 15 atom stereocenters. The van der Waals surface area contributed by atoms with Crippen molar-refractivity contribution in [3.63, 3.8) is 0 Å². The Kier molecular flexibility index (Phi) is 7.31. The van der Waals surface area contributed by atoms with E-state index < -0.39 is 106 Å². The molecule has 0 aromatic heterocycles. The van der Waals surface area contributed by atoms with Crippen LogP contribution in [-0.2, 0) is 33.2 Å². The molecule has 6 aliphatic rings. The van der Waals surface area contributed by atoms with E-state index >= 15 is 0 Å². The van der Waals surface area contributed by atoms with E-state index in [4.69, 9.17) is 28.4 Å². The molecule has 5 aliphatic carbocycles. The number of nitrogens with zero attached hydrogens (tertiary/aromatic N) is 1. The zero-order valence-electron chi connectivity index (χ0n) is 27.0. The number of ether oxygens (including phenoxy) is 6. The molecule has 13 heteroatoms. The maximum atomic E-state index is 13.7. The van der Waals surface area contributed by atoms with Crippen LogP contribution in [0.1, 0.15) is 30.1 Å². The Bertz CT molecular complexity index is 1400. The lowest BCUT2D eigenvalue weighted by atomic mass is 9.40. The molecule has 4 N–H and O–H groups in total. The van der Waals surface area contributed by atoms with Crippen LogP contribution in [0.15, 0.2) is 30.3 Å². The fourth-order valence-corrected chi connectivity index (χ4v) is 12.2. The molecule has 7 rings (SSSR count). The minimum atomic E-state index is -2.12. The number of esters is 2. The first-order valence-electron chi connectivity index (χ1n) is 15.9. The largest absolute Gasteiger partial charge is 0.455 e. The summed E-state index contributed by atoms with van der Waals surface area (Å²) < 4.78 is 36.7. The lowest BCUT2D eigenvalue weighted by Crippen LogP contribution is -2.85. The van der Waals surface area contributed by atoms with Gasteiger partial charge in [0.25, 0.3) is 0 Å². The van der Waals surface area contributed by atoms with Gasteiger partial charge in [-0.05, 0) is 19.2 Å². The van der Waals surface area contributed by atoms with Crippen molar-refractivity contribution < 1.29 is 58.4 Å². The average molecular weight is 648 g/mol. The predicted octanol–water partition coefficient (Wildman–Crippen LogP) is -0.627. The number of carbonyl (C=O) groups excluding carboxylic acids is 2. The summed E-state index contributed by atoms with van der Waals surface area (Å²) in [6, 6.07) is 7.61. The van der Waals surface area contributed by atoms with Gasteiger partial charge < -0.3 is 53.7 Å². The SMILES string of the molecule is COC[C@]12CN(C)C3C4[C@H](OC)[C@H]1C3(C(OC)C[C@H]2O)[C@]1(O)C[C@]2(O)[C@@H](OC(=O)c3ccccc3)[C@@H]1[C@]4(OC(C)=O)[C@@H](O)[C@@H]2OC. The van der Waals surface area contributed by atoms with Crippen LogP contribution in [0.25, 0.3) is 0 Å². The van der Waals surface area contributed by atoms with Crippen LogP contribution in [0, 0.1) is 28.6 Å². The third-order valence-corrected chi connectivity index (χ3v) is 12.9. The van der Waals surface area contributed by atoms with Crippen molar-refractivity contribution in [3.8, 4) is 0 Å². The quantitative estimate of drug-likeness (QED) is 0.263. The molecule has 254 valence electrons. The van der Waals surface area contributed by atoms with Crippen LogP contribution in [-0.4, -0.2) is 145 Å². The fraction of sp³-hybridized carbons (Fsp3) is 0.758. The lowest BCUT2D eigenvalue weighted by Gasteiger charge is -2.72. The molecule has 46 heavy (non-hydrogen) atoms. The Labute approximate surface area is 267 Å².